The summed E-state index contributed by atoms with van der Waals surface area (Å²) in [5, 5.41) is -1.68. The van der Waals surface area contributed by atoms with Gasteiger partial charge in [0.1, 0.15) is 5.69 Å². The maximum absolute atomic E-state index is 13.6. The summed E-state index contributed by atoms with van der Waals surface area (Å²) >= 11 is 0. The molecule has 1 aromatic carbocycles. The Kier molecular flexibility index (Phi) is 6.43. The summed E-state index contributed by atoms with van der Waals surface area (Å²) < 4.78 is 66.0. The Labute approximate surface area is 128 Å². The largest absolute Gasteiger partial charge is 0.492 e. The van der Waals surface area contributed by atoms with E-state index in [1.807, 2.05) is 0 Å². The van der Waals surface area contributed by atoms with Gasteiger partial charge in [-0.05, 0) is 25.0 Å². The van der Waals surface area contributed by atoms with Crippen LogP contribution < -0.4 is 5.12 Å². The standard InChI is InChI=1S/C11H13F5N2O4Si/c12-7-3-4-8(10(14)9(7)13)18(16)11(19)17(15)5-1-2-6-23(20,21)22/h3-4,20-22H,1-2,5-6H2. The molecule has 12 heteroatoms. The number of halogens is 5. The summed E-state index contributed by atoms with van der Waals surface area (Å²) in [6.45, 7) is -0.699. The number of nitrogens with zero attached hydrogens (tertiary/aromatic N) is 2. The zero-order valence-electron chi connectivity index (χ0n) is 11.5. The van der Waals surface area contributed by atoms with Crippen LogP contribution in [0.15, 0.2) is 12.1 Å². The second-order valence-corrected chi connectivity index (χ2v) is 6.62. The number of amides is 2. The van der Waals surface area contributed by atoms with Crippen molar-refractivity contribution in [1.29, 1.82) is 0 Å². The highest BCUT2D eigenvalue weighted by molar-refractivity contribution is 6.56. The molecule has 0 aliphatic rings. The van der Waals surface area contributed by atoms with E-state index in [0.717, 1.165) is 0 Å². The van der Waals surface area contributed by atoms with Gasteiger partial charge in [-0.15, -0.1) is 5.12 Å². The maximum atomic E-state index is 13.6. The first-order chi connectivity index (χ1) is 10.5. The van der Waals surface area contributed by atoms with E-state index >= 15 is 0 Å². The molecule has 0 bridgehead atoms. The molecule has 0 saturated carbocycles. The minimum Gasteiger partial charge on any atom is -0.390 e. The van der Waals surface area contributed by atoms with Crippen molar-refractivity contribution in [3.8, 4) is 0 Å². The quantitative estimate of drug-likeness (QED) is 0.237. The van der Waals surface area contributed by atoms with Crippen LogP contribution in [0.1, 0.15) is 12.8 Å². The molecule has 0 aromatic heterocycles. The number of hydrogen-bond acceptors (Lipinski definition) is 4. The number of hydrogen-bond donors (Lipinski definition) is 3. The van der Waals surface area contributed by atoms with E-state index in [-0.39, 0.29) is 12.8 Å². The lowest BCUT2D eigenvalue weighted by Crippen LogP contribution is -2.36. The molecule has 0 unspecified atom stereocenters. The van der Waals surface area contributed by atoms with E-state index in [1.165, 1.54) is 0 Å². The molecule has 1 rings (SSSR count). The van der Waals surface area contributed by atoms with E-state index in [0.29, 0.717) is 12.1 Å². The predicted octanol–water partition coefficient (Wildman–Crippen LogP) is 1.80. The monoisotopic (exact) mass is 360 g/mol. The number of anilines is 1. The van der Waals surface area contributed by atoms with Crippen molar-refractivity contribution in [3.05, 3.63) is 29.6 Å². The Hall–Kier alpha value is -1.76. The van der Waals surface area contributed by atoms with Gasteiger partial charge in [-0.1, -0.05) is 8.96 Å². The van der Waals surface area contributed by atoms with Crippen LogP contribution in [0, 0.1) is 17.5 Å². The lowest BCUT2D eigenvalue weighted by Gasteiger charge is -2.18. The average molecular weight is 360 g/mol. The number of carbonyl (C=O) groups excluding carboxylic acids is 1. The van der Waals surface area contributed by atoms with Gasteiger partial charge in [-0.3, -0.25) is 0 Å². The van der Waals surface area contributed by atoms with E-state index in [9.17, 15) is 26.9 Å². The summed E-state index contributed by atoms with van der Waals surface area (Å²) in [5.41, 5.74) is -1.30. The third-order valence-electron chi connectivity index (χ3n) is 2.72. The lowest BCUT2D eigenvalue weighted by atomic mass is 10.3. The van der Waals surface area contributed by atoms with Crippen LogP contribution in [-0.2, 0) is 0 Å². The molecule has 0 atom stereocenters. The third kappa shape index (κ3) is 5.42. The summed E-state index contributed by atoms with van der Waals surface area (Å²) in [5.74, 6) is -5.61. The second-order valence-electron chi connectivity index (χ2n) is 4.58. The fourth-order valence-corrected chi connectivity index (χ4v) is 2.30. The molecule has 0 spiro atoms. The summed E-state index contributed by atoms with van der Waals surface area (Å²) in [4.78, 5) is 37.5. The van der Waals surface area contributed by atoms with Gasteiger partial charge in [0, 0.05) is 6.04 Å². The molecule has 1 aromatic rings. The zero-order chi connectivity index (χ0) is 17.8. The molecular weight excluding hydrogens is 347 g/mol. The van der Waals surface area contributed by atoms with Crippen LogP contribution in [0.4, 0.5) is 32.6 Å². The molecule has 0 saturated heterocycles. The average Bonchev–Trinajstić information content (AvgIpc) is 2.46. The Bertz CT molecular complexity index is 572. The Morgan fingerprint density at radius 3 is 2.22 bits per heavy atom. The molecule has 0 aliphatic heterocycles. The summed E-state index contributed by atoms with van der Waals surface area (Å²) in [6.07, 6.45) is -0.234. The highest BCUT2D eigenvalue weighted by Gasteiger charge is 2.29. The number of unbranched alkanes of at least 4 members (excludes halogenated alkanes) is 1. The highest BCUT2D eigenvalue weighted by Crippen LogP contribution is 2.25. The summed E-state index contributed by atoms with van der Waals surface area (Å²) in [6, 6.07) is -1.60. The first kappa shape index (κ1) is 19.3. The van der Waals surface area contributed by atoms with Gasteiger partial charge in [0.25, 0.3) is 0 Å². The van der Waals surface area contributed by atoms with Crippen LogP contribution in [-0.4, -0.2) is 40.9 Å². The Morgan fingerprint density at radius 1 is 1.04 bits per heavy atom. The van der Waals surface area contributed by atoms with E-state index < -0.39 is 60.8 Å². The number of carbonyl (C=O) groups is 1. The fraction of sp³-hybridized carbons (Fsp3) is 0.364. The minimum absolute atomic E-state index is 0.0742. The lowest BCUT2D eigenvalue weighted by molar-refractivity contribution is 0.0618. The maximum Gasteiger partial charge on any atom is 0.492 e. The molecule has 2 amide bonds. The SMILES string of the molecule is O=C(N(F)CCCC[Si](O)(O)O)N(F)c1ccc(F)c(F)c1F. The normalized spacial score (nSPS) is 11.5. The van der Waals surface area contributed by atoms with Gasteiger partial charge in [-0.2, -0.15) is 5.12 Å². The van der Waals surface area contributed by atoms with Gasteiger partial charge >= 0.3 is 14.8 Å². The molecule has 23 heavy (non-hydrogen) atoms. The Balaban J connectivity index is 2.64. The zero-order valence-corrected chi connectivity index (χ0v) is 12.5. The van der Waals surface area contributed by atoms with Crippen LogP contribution in [0.25, 0.3) is 0 Å². The van der Waals surface area contributed by atoms with E-state index in [1.54, 1.807) is 0 Å². The van der Waals surface area contributed by atoms with Crippen molar-refractivity contribution in [2.24, 2.45) is 0 Å². The Morgan fingerprint density at radius 2 is 1.65 bits per heavy atom. The van der Waals surface area contributed by atoms with Crippen LogP contribution in [0.5, 0.6) is 0 Å². The number of rotatable bonds is 6. The molecule has 6 nitrogen and oxygen atoms in total. The molecule has 0 fully saturated rings. The van der Waals surface area contributed by atoms with Crippen molar-refractivity contribution in [3.63, 3.8) is 0 Å². The van der Waals surface area contributed by atoms with Gasteiger partial charge in [0.15, 0.2) is 17.5 Å². The van der Waals surface area contributed by atoms with Gasteiger partial charge in [0.05, 0.1) is 6.54 Å². The van der Waals surface area contributed by atoms with Crippen molar-refractivity contribution < 1.29 is 41.3 Å². The van der Waals surface area contributed by atoms with Crippen molar-refractivity contribution in [2.75, 3.05) is 11.7 Å². The van der Waals surface area contributed by atoms with Crippen LogP contribution >= 0.6 is 0 Å². The van der Waals surface area contributed by atoms with Crippen LogP contribution in [0.2, 0.25) is 6.04 Å². The van der Waals surface area contributed by atoms with Gasteiger partial charge in [-0.25, -0.2) is 18.0 Å². The second kappa shape index (κ2) is 7.67. The van der Waals surface area contributed by atoms with Gasteiger partial charge < -0.3 is 14.4 Å². The smallest absolute Gasteiger partial charge is 0.390 e. The predicted molar refractivity (Wildman–Crippen MR) is 69.6 cm³/mol. The molecule has 0 radical (unpaired) electrons. The van der Waals surface area contributed by atoms with Crippen molar-refractivity contribution >= 4 is 20.5 Å². The van der Waals surface area contributed by atoms with Gasteiger partial charge in [0.2, 0.25) is 0 Å². The van der Waals surface area contributed by atoms with E-state index in [4.69, 9.17) is 14.4 Å². The minimum atomic E-state index is -4.29. The molecule has 3 N–H and O–H groups in total. The van der Waals surface area contributed by atoms with Crippen molar-refractivity contribution in [2.45, 2.75) is 18.9 Å². The summed E-state index contributed by atoms with van der Waals surface area (Å²) in [7, 11) is -4.29. The molecular formula is C11H13F5N2O4Si. The first-order valence-electron chi connectivity index (χ1n) is 6.28. The fourth-order valence-electron chi connectivity index (χ4n) is 1.57. The topological polar surface area (TPSA) is 84.2 Å². The number of urea groups is 1. The molecule has 0 heterocycles. The first-order valence-corrected chi connectivity index (χ1v) is 8.33. The van der Waals surface area contributed by atoms with Crippen molar-refractivity contribution in [1.82, 2.24) is 5.12 Å². The molecule has 130 valence electrons. The number of benzene rings is 1. The van der Waals surface area contributed by atoms with Crippen LogP contribution in [0.3, 0.4) is 0 Å². The molecule has 0 aliphatic carbocycles. The third-order valence-corrected chi connectivity index (χ3v) is 3.74. The van der Waals surface area contributed by atoms with E-state index in [2.05, 4.69) is 0 Å². The highest BCUT2D eigenvalue weighted by atomic mass is 28.4.